The number of halogens is 1. The predicted molar refractivity (Wildman–Crippen MR) is 70.0 cm³/mol. The van der Waals surface area contributed by atoms with Crippen LogP contribution >= 0.6 is 11.6 Å². The molecule has 18 heavy (non-hydrogen) atoms. The van der Waals surface area contributed by atoms with E-state index in [1.165, 1.54) is 17.1 Å². The van der Waals surface area contributed by atoms with Gasteiger partial charge in [0.05, 0.1) is 6.20 Å². The summed E-state index contributed by atoms with van der Waals surface area (Å²) in [6.45, 7) is 0.410. The molecule has 1 saturated carbocycles. The molecule has 0 aromatic carbocycles. The highest BCUT2D eigenvalue weighted by atomic mass is 35.5. The minimum Gasteiger partial charge on any atom is -0.274 e. The number of aryl methyl sites for hydroxylation is 1. The van der Waals surface area contributed by atoms with Crippen molar-refractivity contribution in [3.8, 4) is 0 Å². The molecule has 102 valence electrons. The van der Waals surface area contributed by atoms with E-state index in [1.54, 1.807) is 7.05 Å². The van der Waals surface area contributed by atoms with Gasteiger partial charge in [0.2, 0.25) is 10.0 Å². The van der Waals surface area contributed by atoms with Crippen molar-refractivity contribution in [2.75, 3.05) is 12.4 Å². The second kappa shape index (κ2) is 5.19. The first-order chi connectivity index (χ1) is 8.47. The molecule has 1 N–H and O–H groups in total. The summed E-state index contributed by atoms with van der Waals surface area (Å²) in [5, 5.41) is 3.87. The lowest BCUT2D eigenvalue weighted by atomic mass is 9.89. The predicted octanol–water partition coefficient (Wildman–Crippen LogP) is 1.50. The van der Waals surface area contributed by atoms with Gasteiger partial charge in [-0.1, -0.05) is 12.8 Å². The Bertz CT molecular complexity index is 506. The van der Waals surface area contributed by atoms with Crippen LogP contribution in [0.3, 0.4) is 0 Å². The number of nitrogens with zero attached hydrogens (tertiary/aromatic N) is 2. The van der Waals surface area contributed by atoms with Crippen LogP contribution in [0.5, 0.6) is 0 Å². The summed E-state index contributed by atoms with van der Waals surface area (Å²) in [4.78, 5) is 0.202. The number of aromatic nitrogens is 2. The number of nitrogens with one attached hydrogen (secondary N) is 1. The Labute approximate surface area is 113 Å². The summed E-state index contributed by atoms with van der Waals surface area (Å²) >= 11 is 5.99. The van der Waals surface area contributed by atoms with Crippen molar-refractivity contribution in [1.82, 2.24) is 14.5 Å². The molecule has 0 unspecified atom stereocenters. The molecule has 1 aromatic rings. The molecule has 0 spiro atoms. The number of hydrogen-bond donors (Lipinski definition) is 1. The lowest BCUT2D eigenvalue weighted by Crippen LogP contribution is -2.37. The molecule has 1 aliphatic carbocycles. The van der Waals surface area contributed by atoms with Crippen LogP contribution in [-0.4, -0.2) is 30.6 Å². The van der Waals surface area contributed by atoms with Gasteiger partial charge in [-0.25, -0.2) is 13.1 Å². The van der Waals surface area contributed by atoms with Crippen molar-refractivity contribution >= 4 is 21.6 Å². The van der Waals surface area contributed by atoms with Gasteiger partial charge in [-0.05, 0) is 18.3 Å². The van der Waals surface area contributed by atoms with E-state index in [0.29, 0.717) is 12.4 Å². The molecule has 1 heterocycles. The van der Waals surface area contributed by atoms with Gasteiger partial charge >= 0.3 is 0 Å². The first-order valence-corrected chi connectivity index (χ1v) is 8.04. The molecule has 5 nitrogen and oxygen atoms in total. The third-order valence-electron chi connectivity index (χ3n) is 3.58. The van der Waals surface area contributed by atoms with Crippen LogP contribution in [0.1, 0.15) is 25.7 Å². The van der Waals surface area contributed by atoms with E-state index < -0.39 is 10.0 Å². The average Bonchev–Trinajstić information content (AvgIpc) is 2.96. The SMILES string of the molecule is Cn1cc(S(=O)(=O)NCC2(CCl)CCCC2)cn1. The van der Waals surface area contributed by atoms with Crippen LogP contribution < -0.4 is 4.72 Å². The highest BCUT2D eigenvalue weighted by molar-refractivity contribution is 7.89. The zero-order chi connectivity index (χ0) is 13.2. The van der Waals surface area contributed by atoms with Gasteiger partial charge < -0.3 is 0 Å². The molecule has 0 radical (unpaired) electrons. The fourth-order valence-electron chi connectivity index (χ4n) is 2.35. The van der Waals surface area contributed by atoms with Crippen LogP contribution in [-0.2, 0) is 17.1 Å². The Morgan fingerprint density at radius 3 is 2.67 bits per heavy atom. The molecule has 7 heteroatoms. The Morgan fingerprint density at radius 2 is 2.17 bits per heavy atom. The molecule has 2 rings (SSSR count). The quantitative estimate of drug-likeness (QED) is 0.836. The van der Waals surface area contributed by atoms with Crippen molar-refractivity contribution in [2.45, 2.75) is 30.6 Å². The Balaban J connectivity index is 2.05. The van der Waals surface area contributed by atoms with E-state index >= 15 is 0 Å². The summed E-state index contributed by atoms with van der Waals surface area (Å²) in [5.41, 5.74) is -0.0726. The minimum absolute atomic E-state index is 0.0726. The maximum absolute atomic E-state index is 12.1. The maximum Gasteiger partial charge on any atom is 0.243 e. The van der Waals surface area contributed by atoms with Gasteiger partial charge in [-0.15, -0.1) is 11.6 Å². The fourth-order valence-corrected chi connectivity index (χ4v) is 3.85. The van der Waals surface area contributed by atoms with Crippen molar-refractivity contribution in [2.24, 2.45) is 12.5 Å². The largest absolute Gasteiger partial charge is 0.274 e. The molecule has 1 aromatic heterocycles. The van der Waals surface area contributed by atoms with Gasteiger partial charge in [0.25, 0.3) is 0 Å². The molecule has 0 atom stereocenters. The van der Waals surface area contributed by atoms with E-state index in [0.717, 1.165) is 25.7 Å². The standard InChI is InChI=1S/C11H18ClN3O2S/c1-15-7-10(6-13-15)18(16,17)14-9-11(8-12)4-2-3-5-11/h6-7,14H,2-5,8-9H2,1H3. The van der Waals surface area contributed by atoms with Gasteiger partial charge in [0.1, 0.15) is 4.90 Å². The lowest BCUT2D eigenvalue weighted by molar-refractivity contribution is 0.342. The number of alkyl halides is 1. The monoisotopic (exact) mass is 291 g/mol. The highest BCUT2D eigenvalue weighted by Gasteiger charge is 2.34. The van der Waals surface area contributed by atoms with Crippen LogP contribution in [0.25, 0.3) is 0 Å². The van der Waals surface area contributed by atoms with Crippen LogP contribution in [0.15, 0.2) is 17.3 Å². The minimum atomic E-state index is -3.47. The van der Waals surface area contributed by atoms with E-state index in [1.807, 2.05) is 0 Å². The van der Waals surface area contributed by atoms with E-state index in [-0.39, 0.29) is 10.3 Å². The smallest absolute Gasteiger partial charge is 0.243 e. The van der Waals surface area contributed by atoms with E-state index in [2.05, 4.69) is 9.82 Å². The summed E-state index contributed by atoms with van der Waals surface area (Å²) in [7, 11) is -1.78. The second-order valence-corrected chi connectivity index (χ2v) is 7.05. The first-order valence-electron chi connectivity index (χ1n) is 6.02. The third-order valence-corrected chi connectivity index (χ3v) is 5.50. The summed E-state index contributed by atoms with van der Waals surface area (Å²) < 4.78 is 28.2. The van der Waals surface area contributed by atoms with Crippen LogP contribution in [0, 0.1) is 5.41 Å². The highest BCUT2D eigenvalue weighted by Crippen LogP contribution is 2.38. The van der Waals surface area contributed by atoms with Gasteiger partial charge in [0.15, 0.2) is 0 Å². The van der Waals surface area contributed by atoms with Crippen molar-refractivity contribution < 1.29 is 8.42 Å². The first kappa shape index (κ1) is 13.8. The van der Waals surface area contributed by atoms with Gasteiger partial charge in [-0.2, -0.15) is 5.10 Å². The fraction of sp³-hybridized carbons (Fsp3) is 0.727. The summed E-state index contributed by atoms with van der Waals surface area (Å²) in [5.74, 6) is 0.503. The molecular weight excluding hydrogens is 274 g/mol. The van der Waals surface area contributed by atoms with Crippen molar-refractivity contribution in [3.63, 3.8) is 0 Å². The average molecular weight is 292 g/mol. The normalized spacial score (nSPS) is 19.2. The Kier molecular flexibility index (Phi) is 3.99. The number of rotatable bonds is 5. The summed E-state index contributed by atoms with van der Waals surface area (Å²) in [6, 6.07) is 0. The topological polar surface area (TPSA) is 64.0 Å². The van der Waals surface area contributed by atoms with Crippen LogP contribution in [0.4, 0.5) is 0 Å². The van der Waals surface area contributed by atoms with Crippen molar-refractivity contribution in [1.29, 1.82) is 0 Å². The molecule has 0 bridgehead atoms. The van der Waals surface area contributed by atoms with E-state index in [4.69, 9.17) is 11.6 Å². The molecule has 0 aliphatic heterocycles. The van der Waals surface area contributed by atoms with Crippen molar-refractivity contribution in [3.05, 3.63) is 12.4 Å². The number of hydrogen-bond acceptors (Lipinski definition) is 3. The zero-order valence-corrected chi connectivity index (χ0v) is 12.0. The molecule has 1 fully saturated rings. The zero-order valence-electron chi connectivity index (χ0n) is 10.4. The summed E-state index contributed by atoms with van der Waals surface area (Å²) in [6.07, 6.45) is 7.08. The number of sulfonamides is 1. The van der Waals surface area contributed by atoms with E-state index in [9.17, 15) is 8.42 Å². The third kappa shape index (κ3) is 2.87. The van der Waals surface area contributed by atoms with Crippen LogP contribution in [0.2, 0.25) is 0 Å². The molecule has 0 amide bonds. The molecular formula is C11H18ClN3O2S. The van der Waals surface area contributed by atoms with Gasteiger partial charge in [0, 0.05) is 25.7 Å². The molecule has 1 aliphatic rings. The Hall–Kier alpha value is -0.590. The maximum atomic E-state index is 12.1. The molecule has 0 saturated heterocycles. The lowest BCUT2D eigenvalue weighted by Gasteiger charge is -2.26. The van der Waals surface area contributed by atoms with Gasteiger partial charge in [-0.3, -0.25) is 4.68 Å². The Morgan fingerprint density at radius 1 is 1.50 bits per heavy atom. The second-order valence-electron chi connectivity index (χ2n) is 5.01.